The molecule has 6 N–H and O–H groups in total. The van der Waals surface area contributed by atoms with E-state index in [-0.39, 0.29) is 18.5 Å². The Morgan fingerprint density at radius 1 is 1.02 bits per heavy atom. The summed E-state index contributed by atoms with van der Waals surface area (Å²) >= 11 is 0. The molecule has 42 heavy (non-hydrogen) atoms. The summed E-state index contributed by atoms with van der Waals surface area (Å²) in [6.07, 6.45) is 5.93. The first-order valence-electron chi connectivity index (χ1n) is 14.7. The van der Waals surface area contributed by atoms with Crippen molar-refractivity contribution >= 4 is 34.5 Å². The van der Waals surface area contributed by atoms with E-state index < -0.39 is 5.97 Å². The molecule has 228 valence electrons. The molecular weight excluding hydrogens is 538 g/mol. The topological polar surface area (TPSA) is 174 Å². The number of amides is 1. The average molecular weight is 582 g/mol. The number of carbonyl (C=O) groups is 2. The fraction of sp³-hybridized carbons (Fsp3) is 0.571. The monoisotopic (exact) mass is 581 g/mol. The molecule has 0 radical (unpaired) electrons. The van der Waals surface area contributed by atoms with E-state index >= 15 is 0 Å². The van der Waals surface area contributed by atoms with Gasteiger partial charge in [0, 0.05) is 44.0 Å². The van der Waals surface area contributed by atoms with Gasteiger partial charge in [0.15, 0.2) is 0 Å². The van der Waals surface area contributed by atoms with Gasteiger partial charge in [-0.2, -0.15) is 4.98 Å². The van der Waals surface area contributed by atoms with Gasteiger partial charge in [-0.3, -0.25) is 14.3 Å². The number of rotatable bonds is 18. The van der Waals surface area contributed by atoms with Gasteiger partial charge in [-0.05, 0) is 64.5 Å². The number of piperidine rings is 1. The maximum atomic E-state index is 12.5. The number of likely N-dealkylation sites (tertiary alicyclic amines) is 1. The third kappa shape index (κ3) is 9.89. The number of hydrogen-bond acceptors (Lipinski definition) is 11. The number of aromatic nitrogens is 5. The van der Waals surface area contributed by atoms with E-state index in [1.54, 1.807) is 0 Å². The summed E-state index contributed by atoms with van der Waals surface area (Å²) in [6.45, 7) is 5.74. The number of hydrogen-bond donors (Lipinski definition) is 6. The Morgan fingerprint density at radius 2 is 1.83 bits per heavy atom. The highest BCUT2D eigenvalue weighted by Crippen LogP contribution is 2.25. The maximum Gasteiger partial charge on any atom is 0.317 e. The predicted molar refractivity (Wildman–Crippen MR) is 161 cm³/mol. The summed E-state index contributed by atoms with van der Waals surface area (Å²) in [4.78, 5) is 34.5. The molecule has 14 nitrogen and oxygen atoms in total. The molecule has 2 aromatic heterocycles. The van der Waals surface area contributed by atoms with Crippen LogP contribution in [0.3, 0.4) is 0 Å². The lowest BCUT2D eigenvalue weighted by Gasteiger charge is -2.33. The Morgan fingerprint density at radius 3 is 2.64 bits per heavy atom. The second kappa shape index (κ2) is 16.5. The molecule has 1 amide bonds. The Hall–Kier alpha value is -3.88. The normalized spacial score (nSPS) is 13.9. The van der Waals surface area contributed by atoms with Gasteiger partial charge in [-0.1, -0.05) is 17.3 Å². The van der Waals surface area contributed by atoms with Crippen LogP contribution in [0.25, 0.3) is 10.9 Å². The average Bonchev–Trinajstić information content (AvgIpc) is 3.45. The highest BCUT2D eigenvalue weighted by molar-refractivity contribution is 5.90. The van der Waals surface area contributed by atoms with Crippen molar-refractivity contribution in [1.82, 2.24) is 45.8 Å². The number of aryl methyl sites for hydroxylation is 1. The van der Waals surface area contributed by atoms with E-state index in [0.29, 0.717) is 38.5 Å². The van der Waals surface area contributed by atoms with E-state index in [1.807, 2.05) is 47.1 Å². The fourth-order valence-corrected chi connectivity index (χ4v) is 4.86. The number of nitrogens with zero attached hydrogens (tertiary/aromatic N) is 6. The molecule has 0 spiro atoms. The minimum absolute atomic E-state index is 0.0408. The van der Waals surface area contributed by atoms with Crippen LogP contribution in [-0.2, 0) is 22.7 Å². The van der Waals surface area contributed by atoms with Gasteiger partial charge in [0.25, 0.3) is 0 Å². The van der Waals surface area contributed by atoms with Crippen LogP contribution < -0.4 is 26.6 Å². The van der Waals surface area contributed by atoms with Crippen LogP contribution in [0.15, 0.2) is 30.5 Å². The zero-order valence-corrected chi connectivity index (χ0v) is 24.3. The number of carboxylic acid groups (broad SMARTS) is 1. The van der Waals surface area contributed by atoms with Gasteiger partial charge in [0.2, 0.25) is 11.9 Å². The Kier molecular flexibility index (Phi) is 12.2. The Bertz CT molecular complexity index is 1280. The van der Waals surface area contributed by atoms with Crippen LogP contribution in [0, 0.1) is 0 Å². The van der Waals surface area contributed by atoms with Crippen LogP contribution in [-0.4, -0.2) is 106 Å². The number of carboxylic acids is 1. The lowest BCUT2D eigenvalue weighted by atomic mass is 10.0. The highest BCUT2D eigenvalue weighted by atomic mass is 16.4. The first-order valence-corrected chi connectivity index (χ1v) is 14.7. The van der Waals surface area contributed by atoms with Crippen molar-refractivity contribution in [1.29, 1.82) is 0 Å². The number of para-hydroxylation sites is 1. The molecule has 0 atom stereocenters. The van der Waals surface area contributed by atoms with Gasteiger partial charge < -0.3 is 36.6 Å². The van der Waals surface area contributed by atoms with Crippen molar-refractivity contribution in [3.8, 4) is 0 Å². The summed E-state index contributed by atoms with van der Waals surface area (Å²) in [5, 5.41) is 34.4. The molecular formula is C28H43N11O3. The summed E-state index contributed by atoms with van der Waals surface area (Å²) in [7, 11) is 1.96. The van der Waals surface area contributed by atoms with Gasteiger partial charge in [-0.25, -0.2) is 4.98 Å². The smallest absolute Gasteiger partial charge is 0.317 e. The van der Waals surface area contributed by atoms with Crippen LogP contribution in [0.1, 0.15) is 37.8 Å². The molecule has 1 aliphatic rings. The first-order chi connectivity index (χ1) is 20.5. The lowest BCUT2D eigenvalue weighted by molar-refractivity contribution is -0.136. The van der Waals surface area contributed by atoms with E-state index in [0.717, 1.165) is 74.3 Å². The summed E-state index contributed by atoms with van der Waals surface area (Å²) in [5.74, 6) is 0.386. The SMILES string of the molecule is CNCCCNCCCn1cc(CNc2nc(NC3CCN(C(=O)CCNCC(=O)O)CC3)c3ccccc3n2)nn1. The maximum absolute atomic E-state index is 12.5. The number of nitrogens with one attached hydrogen (secondary N) is 5. The van der Waals surface area contributed by atoms with E-state index in [2.05, 4.69) is 36.9 Å². The van der Waals surface area contributed by atoms with Crippen molar-refractivity contribution in [2.45, 2.75) is 51.2 Å². The molecule has 3 aromatic rings. The van der Waals surface area contributed by atoms with Crippen molar-refractivity contribution in [2.75, 3.05) is 63.5 Å². The lowest BCUT2D eigenvalue weighted by Crippen LogP contribution is -2.43. The van der Waals surface area contributed by atoms with E-state index in [9.17, 15) is 9.59 Å². The van der Waals surface area contributed by atoms with Crippen LogP contribution in [0.4, 0.5) is 11.8 Å². The highest BCUT2D eigenvalue weighted by Gasteiger charge is 2.23. The molecule has 4 rings (SSSR count). The third-order valence-corrected chi connectivity index (χ3v) is 7.12. The number of carbonyl (C=O) groups excluding carboxylic acids is 1. The van der Waals surface area contributed by atoms with E-state index in [1.165, 1.54) is 0 Å². The van der Waals surface area contributed by atoms with Gasteiger partial charge in [-0.15, -0.1) is 5.10 Å². The predicted octanol–water partition coefficient (Wildman–Crippen LogP) is 0.890. The summed E-state index contributed by atoms with van der Waals surface area (Å²) < 4.78 is 1.87. The van der Waals surface area contributed by atoms with Crippen molar-refractivity contribution in [3.63, 3.8) is 0 Å². The Balaban J connectivity index is 1.26. The minimum atomic E-state index is -0.928. The second-order valence-electron chi connectivity index (χ2n) is 10.4. The third-order valence-electron chi connectivity index (χ3n) is 7.12. The van der Waals surface area contributed by atoms with Gasteiger partial charge in [0.1, 0.15) is 11.5 Å². The molecule has 0 unspecified atom stereocenters. The molecule has 0 bridgehead atoms. The number of fused-ring (bicyclic) bond motifs is 1. The zero-order chi connectivity index (χ0) is 29.6. The van der Waals surface area contributed by atoms with E-state index in [4.69, 9.17) is 15.1 Å². The van der Waals surface area contributed by atoms with Crippen molar-refractivity contribution in [2.24, 2.45) is 0 Å². The molecule has 1 aromatic carbocycles. The standard InChI is InChI=1S/C28H43N11O3/c1-29-11-4-12-30-13-5-15-39-20-22(36-37-39)18-32-28-34-24-7-3-2-6-23(24)27(35-28)33-21-9-16-38(17-10-21)25(40)8-14-31-19-26(41)42/h2-3,6-7,20-21,29-31H,4-5,8-19H2,1H3,(H,41,42)(H2,32,33,34,35). The van der Waals surface area contributed by atoms with Crippen LogP contribution >= 0.6 is 0 Å². The molecule has 1 fully saturated rings. The molecule has 0 saturated carbocycles. The molecule has 1 aliphatic heterocycles. The summed E-state index contributed by atoms with van der Waals surface area (Å²) in [6, 6.07) is 8.07. The quantitative estimate of drug-likeness (QED) is 0.117. The van der Waals surface area contributed by atoms with Crippen molar-refractivity contribution in [3.05, 3.63) is 36.2 Å². The molecule has 14 heteroatoms. The van der Waals surface area contributed by atoms with Crippen molar-refractivity contribution < 1.29 is 14.7 Å². The number of benzene rings is 1. The number of anilines is 2. The zero-order valence-electron chi connectivity index (χ0n) is 24.3. The van der Waals surface area contributed by atoms with Gasteiger partial charge in [0.05, 0.1) is 24.8 Å². The largest absolute Gasteiger partial charge is 0.480 e. The molecule has 0 aliphatic carbocycles. The first kappa shape index (κ1) is 31.1. The fourth-order valence-electron chi connectivity index (χ4n) is 4.86. The minimum Gasteiger partial charge on any atom is -0.480 e. The second-order valence-corrected chi connectivity index (χ2v) is 10.4. The summed E-state index contributed by atoms with van der Waals surface area (Å²) in [5.41, 5.74) is 1.66. The number of aliphatic carboxylic acids is 1. The van der Waals surface area contributed by atoms with Crippen LogP contribution in [0.2, 0.25) is 0 Å². The van der Waals surface area contributed by atoms with Crippen LogP contribution in [0.5, 0.6) is 0 Å². The molecule has 3 heterocycles. The Labute approximate surface area is 246 Å². The molecule has 1 saturated heterocycles. The van der Waals surface area contributed by atoms with Gasteiger partial charge >= 0.3 is 5.97 Å².